The molecule has 0 aliphatic heterocycles. The Labute approximate surface area is 146 Å². The van der Waals surface area contributed by atoms with Gasteiger partial charge < -0.3 is 19.4 Å². The third-order valence-corrected chi connectivity index (χ3v) is 3.99. The van der Waals surface area contributed by atoms with Crippen LogP contribution in [0.3, 0.4) is 0 Å². The SMILES string of the molecule is CCc1nc2ccccc2n1CC(=O)Nc1cc(OC)cc(OC)c1. The molecule has 0 radical (unpaired) electrons. The van der Waals surface area contributed by atoms with Gasteiger partial charge in [0.25, 0.3) is 0 Å². The highest BCUT2D eigenvalue weighted by atomic mass is 16.5. The summed E-state index contributed by atoms with van der Waals surface area (Å²) in [5, 5.41) is 2.90. The monoisotopic (exact) mass is 339 g/mol. The van der Waals surface area contributed by atoms with Gasteiger partial charge in [-0.25, -0.2) is 4.98 Å². The highest BCUT2D eigenvalue weighted by Gasteiger charge is 2.13. The number of para-hydroxylation sites is 2. The van der Waals surface area contributed by atoms with Crippen molar-refractivity contribution in [3.63, 3.8) is 0 Å². The van der Waals surface area contributed by atoms with Crippen molar-refractivity contribution in [3.8, 4) is 11.5 Å². The van der Waals surface area contributed by atoms with Crippen molar-refractivity contribution in [1.29, 1.82) is 0 Å². The third-order valence-electron chi connectivity index (χ3n) is 3.99. The van der Waals surface area contributed by atoms with Crippen LogP contribution in [0.5, 0.6) is 11.5 Å². The summed E-state index contributed by atoms with van der Waals surface area (Å²) in [4.78, 5) is 17.1. The molecule has 0 aliphatic carbocycles. The van der Waals surface area contributed by atoms with Crippen molar-refractivity contribution >= 4 is 22.6 Å². The maximum atomic E-state index is 12.5. The minimum absolute atomic E-state index is 0.131. The number of nitrogens with zero attached hydrogens (tertiary/aromatic N) is 2. The Balaban J connectivity index is 1.84. The molecule has 6 nitrogen and oxygen atoms in total. The summed E-state index contributed by atoms with van der Waals surface area (Å²) in [5.41, 5.74) is 2.48. The maximum absolute atomic E-state index is 12.5. The maximum Gasteiger partial charge on any atom is 0.244 e. The van der Waals surface area contributed by atoms with Gasteiger partial charge in [0.1, 0.15) is 23.9 Å². The van der Waals surface area contributed by atoms with Crippen LogP contribution >= 0.6 is 0 Å². The molecule has 3 aromatic rings. The number of nitrogens with one attached hydrogen (secondary N) is 1. The number of hydrogen-bond donors (Lipinski definition) is 1. The van der Waals surface area contributed by atoms with E-state index in [2.05, 4.69) is 10.3 Å². The second-order valence-electron chi connectivity index (χ2n) is 5.61. The molecule has 0 unspecified atom stereocenters. The van der Waals surface area contributed by atoms with E-state index in [1.807, 2.05) is 35.8 Å². The lowest BCUT2D eigenvalue weighted by Gasteiger charge is -2.11. The molecular weight excluding hydrogens is 318 g/mol. The average molecular weight is 339 g/mol. The lowest BCUT2D eigenvalue weighted by atomic mass is 10.2. The van der Waals surface area contributed by atoms with Gasteiger partial charge in [-0.1, -0.05) is 19.1 Å². The first kappa shape index (κ1) is 16.8. The molecule has 0 saturated heterocycles. The number of amides is 1. The number of imidazole rings is 1. The zero-order valence-corrected chi connectivity index (χ0v) is 14.6. The van der Waals surface area contributed by atoms with E-state index < -0.39 is 0 Å². The van der Waals surface area contributed by atoms with E-state index in [-0.39, 0.29) is 12.5 Å². The highest BCUT2D eigenvalue weighted by molar-refractivity contribution is 5.92. The van der Waals surface area contributed by atoms with Gasteiger partial charge in [0.05, 0.1) is 25.3 Å². The predicted octanol–water partition coefficient (Wildman–Crippen LogP) is 3.25. The third kappa shape index (κ3) is 3.57. The van der Waals surface area contributed by atoms with Gasteiger partial charge in [-0.05, 0) is 12.1 Å². The molecule has 3 rings (SSSR count). The van der Waals surface area contributed by atoms with Crippen molar-refractivity contribution < 1.29 is 14.3 Å². The predicted molar refractivity (Wildman–Crippen MR) is 97.3 cm³/mol. The summed E-state index contributed by atoms with van der Waals surface area (Å²) in [6.45, 7) is 2.23. The molecule has 2 aromatic carbocycles. The van der Waals surface area contributed by atoms with Crippen LogP contribution < -0.4 is 14.8 Å². The summed E-state index contributed by atoms with van der Waals surface area (Å²) >= 11 is 0. The van der Waals surface area contributed by atoms with Crippen LogP contribution in [-0.4, -0.2) is 29.7 Å². The van der Waals surface area contributed by atoms with E-state index in [0.29, 0.717) is 17.2 Å². The lowest BCUT2D eigenvalue weighted by Crippen LogP contribution is -2.20. The molecule has 1 aromatic heterocycles. The molecule has 0 atom stereocenters. The second kappa shape index (κ2) is 7.25. The molecule has 1 amide bonds. The molecule has 0 bridgehead atoms. The van der Waals surface area contributed by atoms with Gasteiger partial charge >= 0.3 is 0 Å². The van der Waals surface area contributed by atoms with Gasteiger partial charge in [-0.3, -0.25) is 4.79 Å². The first-order valence-corrected chi connectivity index (χ1v) is 8.11. The largest absolute Gasteiger partial charge is 0.497 e. The van der Waals surface area contributed by atoms with Crippen molar-refractivity contribution in [2.45, 2.75) is 19.9 Å². The highest BCUT2D eigenvalue weighted by Crippen LogP contribution is 2.26. The Hall–Kier alpha value is -3.02. The Kier molecular flexibility index (Phi) is 4.88. The molecule has 0 aliphatic rings. The van der Waals surface area contributed by atoms with Gasteiger partial charge in [0.2, 0.25) is 5.91 Å². The Bertz CT molecular complexity index is 880. The Morgan fingerprint density at radius 1 is 1.12 bits per heavy atom. The molecule has 1 N–H and O–H groups in total. The number of ether oxygens (including phenoxy) is 2. The van der Waals surface area contributed by atoms with Crippen molar-refractivity contribution in [2.24, 2.45) is 0 Å². The summed E-state index contributed by atoms with van der Waals surface area (Å²) in [6, 6.07) is 13.1. The van der Waals surface area contributed by atoms with Crippen LogP contribution in [0.15, 0.2) is 42.5 Å². The van der Waals surface area contributed by atoms with E-state index >= 15 is 0 Å². The van der Waals surface area contributed by atoms with Crippen LogP contribution in [0.25, 0.3) is 11.0 Å². The minimum Gasteiger partial charge on any atom is -0.497 e. The summed E-state index contributed by atoms with van der Waals surface area (Å²) in [6.07, 6.45) is 0.759. The van der Waals surface area contributed by atoms with Crippen LogP contribution in [0.2, 0.25) is 0 Å². The van der Waals surface area contributed by atoms with Gasteiger partial charge in [-0.15, -0.1) is 0 Å². The van der Waals surface area contributed by atoms with Gasteiger partial charge in [-0.2, -0.15) is 0 Å². The van der Waals surface area contributed by atoms with E-state index in [4.69, 9.17) is 9.47 Å². The van der Waals surface area contributed by atoms with E-state index in [1.165, 1.54) is 0 Å². The topological polar surface area (TPSA) is 65.4 Å². The molecule has 0 fully saturated rings. The quantitative estimate of drug-likeness (QED) is 0.749. The van der Waals surface area contributed by atoms with Crippen LogP contribution in [0.1, 0.15) is 12.7 Å². The number of benzene rings is 2. The molecule has 0 spiro atoms. The Morgan fingerprint density at radius 3 is 2.44 bits per heavy atom. The number of fused-ring (bicyclic) bond motifs is 1. The molecule has 25 heavy (non-hydrogen) atoms. The number of aromatic nitrogens is 2. The van der Waals surface area contributed by atoms with E-state index in [1.54, 1.807) is 32.4 Å². The molecule has 1 heterocycles. The van der Waals surface area contributed by atoms with Crippen molar-refractivity contribution in [2.75, 3.05) is 19.5 Å². The first-order chi connectivity index (χ1) is 12.1. The number of anilines is 1. The summed E-state index contributed by atoms with van der Waals surface area (Å²) in [5.74, 6) is 2.00. The zero-order chi connectivity index (χ0) is 17.8. The van der Waals surface area contributed by atoms with E-state index in [0.717, 1.165) is 23.3 Å². The normalized spacial score (nSPS) is 10.7. The van der Waals surface area contributed by atoms with Crippen molar-refractivity contribution in [3.05, 3.63) is 48.3 Å². The van der Waals surface area contributed by atoms with Gasteiger partial charge in [0, 0.05) is 30.3 Å². The van der Waals surface area contributed by atoms with Crippen LogP contribution in [0, 0.1) is 0 Å². The fraction of sp³-hybridized carbons (Fsp3) is 0.263. The molecule has 6 heteroatoms. The fourth-order valence-corrected chi connectivity index (χ4v) is 2.80. The number of methoxy groups -OCH3 is 2. The van der Waals surface area contributed by atoms with Crippen molar-refractivity contribution in [1.82, 2.24) is 9.55 Å². The summed E-state index contributed by atoms with van der Waals surface area (Å²) < 4.78 is 12.4. The smallest absolute Gasteiger partial charge is 0.244 e. The Morgan fingerprint density at radius 2 is 1.80 bits per heavy atom. The lowest BCUT2D eigenvalue weighted by molar-refractivity contribution is -0.116. The van der Waals surface area contributed by atoms with Crippen LogP contribution in [0.4, 0.5) is 5.69 Å². The zero-order valence-electron chi connectivity index (χ0n) is 14.6. The minimum atomic E-state index is -0.131. The molecule has 0 saturated carbocycles. The number of hydrogen-bond acceptors (Lipinski definition) is 4. The van der Waals surface area contributed by atoms with Crippen LogP contribution in [-0.2, 0) is 17.8 Å². The first-order valence-electron chi connectivity index (χ1n) is 8.11. The van der Waals surface area contributed by atoms with E-state index in [9.17, 15) is 4.79 Å². The summed E-state index contributed by atoms with van der Waals surface area (Å²) in [7, 11) is 3.15. The molecular formula is C19H21N3O3. The second-order valence-corrected chi connectivity index (χ2v) is 5.61. The number of carbonyl (C=O) groups excluding carboxylic acids is 1. The number of rotatable bonds is 6. The van der Waals surface area contributed by atoms with Gasteiger partial charge in [0.15, 0.2) is 0 Å². The number of carbonyl (C=O) groups is 1. The molecule has 130 valence electrons. The fourth-order valence-electron chi connectivity index (χ4n) is 2.80. The average Bonchev–Trinajstić information content (AvgIpc) is 2.99. The number of aryl methyl sites for hydroxylation is 1. The standard InChI is InChI=1S/C19H21N3O3/c1-4-18-21-16-7-5-6-8-17(16)22(18)12-19(23)20-13-9-14(24-2)11-15(10-13)25-3/h5-11H,4,12H2,1-3H3,(H,20,23).